The minimum Gasteiger partial charge on any atom is -0.328 e. The first kappa shape index (κ1) is 19.6. The number of hydrogen-bond acceptors (Lipinski definition) is 5. The highest BCUT2D eigenvalue weighted by Crippen LogP contribution is 2.25. The van der Waals surface area contributed by atoms with E-state index in [1.165, 1.54) is 6.20 Å². The third-order valence-electron chi connectivity index (χ3n) is 4.06. The number of nitrogens with zero attached hydrogens (tertiary/aromatic N) is 4. The standard InChI is InChI=1S/C17H20ClN5O.ClH/c1-11(2)16-21-9-13(18)15(22-16)17(24)23-7-6-20-10-14(23)12-4-3-5-19-8-12;/h3-5,8-9,11,14,20H,6-7,10H2,1-2H3;1H. The molecule has 1 fully saturated rings. The van der Waals surface area contributed by atoms with E-state index in [0.29, 0.717) is 18.9 Å². The molecule has 1 saturated heterocycles. The van der Waals surface area contributed by atoms with Crippen LogP contribution >= 0.6 is 24.0 Å². The lowest BCUT2D eigenvalue weighted by atomic mass is 10.0. The molecule has 8 heteroatoms. The van der Waals surface area contributed by atoms with Gasteiger partial charge in [-0.1, -0.05) is 31.5 Å². The van der Waals surface area contributed by atoms with Crippen LogP contribution in [0.25, 0.3) is 0 Å². The molecule has 3 rings (SSSR count). The van der Waals surface area contributed by atoms with Crippen LogP contribution in [0.15, 0.2) is 30.7 Å². The van der Waals surface area contributed by atoms with E-state index in [2.05, 4.69) is 20.3 Å². The Balaban J connectivity index is 0.00000225. The molecule has 1 atom stereocenters. The molecule has 25 heavy (non-hydrogen) atoms. The van der Waals surface area contributed by atoms with Gasteiger partial charge in [-0.05, 0) is 11.6 Å². The van der Waals surface area contributed by atoms with Gasteiger partial charge < -0.3 is 10.2 Å². The van der Waals surface area contributed by atoms with Gasteiger partial charge in [0.2, 0.25) is 0 Å². The van der Waals surface area contributed by atoms with Crippen molar-refractivity contribution in [2.45, 2.75) is 25.8 Å². The van der Waals surface area contributed by atoms with E-state index >= 15 is 0 Å². The number of carbonyl (C=O) groups is 1. The third kappa shape index (κ3) is 4.26. The summed E-state index contributed by atoms with van der Waals surface area (Å²) >= 11 is 6.21. The highest BCUT2D eigenvalue weighted by Gasteiger charge is 2.31. The van der Waals surface area contributed by atoms with Gasteiger partial charge >= 0.3 is 0 Å². The van der Waals surface area contributed by atoms with Crippen LogP contribution in [0.3, 0.4) is 0 Å². The lowest BCUT2D eigenvalue weighted by Crippen LogP contribution is -2.49. The van der Waals surface area contributed by atoms with Crippen LogP contribution in [0.2, 0.25) is 5.02 Å². The van der Waals surface area contributed by atoms with E-state index in [1.54, 1.807) is 12.4 Å². The first-order valence-electron chi connectivity index (χ1n) is 8.02. The summed E-state index contributed by atoms with van der Waals surface area (Å²) in [6, 6.07) is 3.77. The van der Waals surface area contributed by atoms with Gasteiger partial charge in [-0.25, -0.2) is 9.97 Å². The SMILES string of the molecule is CC(C)c1ncc(Cl)c(C(=O)N2CCNCC2c2cccnc2)n1.Cl. The number of nitrogens with one attached hydrogen (secondary N) is 1. The average Bonchev–Trinajstić information content (AvgIpc) is 2.62. The molecule has 0 saturated carbocycles. The van der Waals surface area contributed by atoms with E-state index in [9.17, 15) is 4.79 Å². The third-order valence-corrected chi connectivity index (χ3v) is 4.33. The summed E-state index contributed by atoms with van der Waals surface area (Å²) in [5.41, 5.74) is 1.26. The van der Waals surface area contributed by atoms with Crippen LogP contribution in [0.4, 0.5) is 0 Å². The van der Waals surface area contributed by atoms with E-state index in [4.69, 9.17) is 11.6 Å². The van der Waals surface area contributed by atoms with E-state index in [1.807, 2.05) is 30.9 Å². The number of aromatic nitrogens is 3. The zero-order valence-corrected chi connectivity index (χ0v) is 15.7. The smallest absolute Gasteiger partial charge is 0.274 e. The van der Waals surface area contributed by atoms with E-state index in [0.717, 1.165) is 12.1 Å². The predicted molar refractivity (Wildman–Crippen MR) is 99.3 cm³/mol. The van der Waals surface area contributed by atoms with Crippen LogP contribution in [-0.2, 0) is 0 Å². The van der Waals surface area contributed by atoms with Gasteiger partial charge in [-0.2, -0.15) is 0 Å². The van der Waals surface area contributed by atoms with Gasteiger partial charge in [0.05, 0.1) is 17.3 Å². The molecule has 0 radical (unpaired) electrons. The number of hydrogen-bond donors (Lipinski definition) is 1. The molecule has 0 aromatic carbocycles. The molecule has 1 unspecified atom stereocenters. The van der Waals surface area contributed by atoms with Gasteiger partial charge in [-0.3, -0.25) is 9.78 Å². The molecule has 1 N–H and O–H groups in total. The second-order valence-corrected chi connectivity index (χ2v) is 6.49. The maximum atomic E-state index is 13.1. The lowest BCUT2D eigenvalue weighted by molar-refractivity contribution is 0.0627. The lowest BCUT2D eigenvalue weighted by Gasteiger charge is -2.36. The van der Waals surface area contributed by atoms with Crippen molar-refractivity contribution in [1.82, 2.24) is 25.2 Å². The van der Waals surface area contributed by atoms with Crippen LogP contribution in [-0.4, -0.2) is 45.4 Å². The second-order valence-electron chi connectivity index (χ2n) is 6.08. The molecule has 0 spiro atoms. The Bertz CT molecular complexity index is 726. The highest BCUT2D eigenvalue weighted by atomic mass is 35.5. The van der Waals surface area contributed by atoms with Gasteiger partial charge in [0.15, 0.2) is 5.69 Å². The summed E-state index contributed by atoms with van der Waals surface area (Å²) < 4.78 is 0. The summed E-state index contributed by atoms with van der Waals surface area (Å²) in [4.78, 5) is 27.7. The molecule has 2 aromatic rings. The normalized spacial score (nSPS) is 17.3. The molecule has 6 nitrogen and oxygen atoms in total. The van der Waals surface area contributed by atoms with E-state index in [-0.39, 0.29) is 41.0 Å². The van der Waals surface area contributed by atoms with Crippen molar-refractivity contribution in [3.8, 4) is 0 Å². The summed E-state index contributed by atoms with van der Waals surface area (Å²) in [5, 5.41) is 3.61. The molecule has 1 aliphatic heterocycles. The fourth-order valence-corrected chi connectivity index (χ4v) is 2.94. The second kappa shape index (κ2) is 8.56. The molecular weight excluding hydrogens is 361 g/mol. The van der Waals surface area contributed by atoms with Gasteiger partial charge in [0.25, 0.3) is 5.91 Å². The fraction of sp³-hybridized carbons (Fsp3) is 0.412. The fourth-order valence-electron chi connectivity index (χ4n) is 2.76. The van der Waals surface area contributed by atoms with Crippen molar-refractivity contribution < 1.29 is 4.79 Å². The van der Waals surface area contributed by atoms with Crippen LogP contribution in [0, 0.1) is 0 Å². The Morgan fingerprint density at radius 1 is 1.40 bits per heavy atom. The van der Waals surface area contributed by atoms with E-state index < -0.39 is 0 Å². The topological polar surface area (TPSA) is 71.0 Å². The Labute approximate surface area is 158 Å². The van der Waals surface area contributed by atoms with Crippen molar-refractivity contribution in [3.63, 3.8) is 0 Å². The minimum atomic E-state index is -0.167. The quantitative estimate of drug-likeness (QED) is 0.884. The molecule has 2 aromatic heterocycles. The maximum Gasteiger partial charge on any atom is 0.274 e. The molecule has 3 heterocycles. The monoisotopic (exact) mass is 381 g/mol. The Kier molecular flexibility index (Phi) is 6.70. The van der Waals surface area contributed by atoms with Crippen LogP contribution in [0.1, 0.15) is 47.7 Å². The molecular formula is C17H21Cl2N5O. The maximum absolute atomic E-state index is 13.1. The predicted octanol–water partition coefficient (Wildman–Crippen LogP) is 2.86. The number of rotatable bonds is 3. The summed E-state index contributed by atoms with van der Waals surface area (Å²) in [6.45, 7) is 5.98. The van der Waals surface area contributed by atoms with Crippen molar-refractivity contribution in [1.29, 1.82) is 0 Å². The van der Waals surface area contributed by atoms with Crippen LogP contribution < -0.4 is 5.32 Å². The van der Waals surface area contributed by atoms with Crippen molar-refractivity contribution in [2.24, 2.45) is 0 Å². The molecule has 0 aliphatic carbocycles. The number of amides is 1. The summed E-state index contributed by atoms with van der Waals surface area (Å²) in [7, 11) is 0. The highest BCUT2D eigenvalue weighted by molar-refractivity contribution is 6.33. The number of halogens is 2. The first-order valence-corrected chi connectivity index (χ1v) is 8.39. The molecule has 1 amide bonds. The van der Waals surface area contributed by atoms with Crippen molar-refractivity contribution in [2.75, 3.05) is 19.6 Å². The molecule has 1 aliphatic rings. The van der Waals surface area contributed by atoms with Crippen molar-refractivity contribution >= 4 is 29.9 Å². The largest absolute Gasteiger partial charge is 0.328 e. The Morgan fingerprint density at radius 3 is 2.88 bits per heavy atom. The summed E-state index contributed by atoms with van der Waals surface area (Å²) in [6.07, 6.45) is 5.03. The first-order chi connectivity index (χ1) is 11.6. The molecule has 134 valence electrons. The average molecular weight is 382 g/mol. The van der Waals surface area contributed by atoms with Gasteiger partial charge in [-0.15, -0.1) is 12.4 Å². The Morgan fingerprint density at radius 2 is 2.20 bits per heavy atom. The minimum absolute atomic E-state index is 0. The van der Waals surface area contributed by atoms with Crippen molar-refractivity contribution in [3.05, 3.63) is 52.8 Å². The number of piperazine rings is 1. The van der Waals surface area contributed by atoms with Gasteiger partial charge in [0.1, 0.15) is 5.82 Å². The number of carbonyl (C=O) groups excluding carboxylic acids is 1. The Hall–Kier alpha value is -1.76. The zero-order valence-electron chi connectivity index (χ0n) is 14.1. The van der Waals surface area contributed by atoms with Crippen LogP contribution in [0.5, 0.6) is 0 Å². The summed E-state index contributed by atoms with van der Waals surface area (Å²) in [5.74, 6) is 0.585. The number of pyridine rings is 1. The van der Waals surface area contributed by atoms with Gasteiger partial charge in [0, 0.05) is 37.9 Å². The zero-order chi connectivity index (χ0) is 17.1. The molecule has 0 bridgehead atoms.